The van der Waals surface area contributed by atoms with E-state index >= 15 is 0 Å². The van der Waals surface area contributed by atoms with Crippen LogP contribution in [0, 0.1) is 0 Å². The van der Waals surface area contributed by atoms with Gasteiger partial charge in [-0.2, -0.15) is 13.2 Å². The van der Waals surface area contributed by atoms with Crippen LogP contribution in [-0.2, 0) is 11.0 Å². The van der Waals surface area contributed by atoms with E-state index in [9.17, 15) is 18.0 Å². The highest BCUT2D eigenvalue weighted by molar-refractivity contribution is 6.01. The summed E-state index contributed by atoms with van der Waals surface area (Å²) in [4.78, 5) is 26.6. The molecule has 10 heteroatoms. The number of carbonyl (C=O) groups is 1. The van der Waals surface area contributed by atoms with Gasteiger partial charge in [0.2, 0.25) is 11.8 Å². The Morgan fingerprint density at radius 1 is 1.18 bits per heavy atom. The predicted molar refractivity (Wildman–Crippen MR) is 138 cm³/mol. The third-order valence-electron chi connectivity index (χ3n) is 6.64. The molecule has 1 atom stereocenters. The minimum atomic E-state index is -4.48. The van der Waals surface area contributed by atoms with Crippen LogP contribution in [-0.4, -0.2) is 45.9 Å². The summed E-state index contributed by atoms with van der Waals surface area (Å²) in [6.45, 7) is 4.80. The van der Waals surface area contributed by atoms with Gasteiger partial charge in [0.25, 0.3) is 0 Å². The highest BCUT2D eigenvalue weighted by atomic mass is 19.4. The molecule has 1 N–H and O–H groups in total. The van der Waals surface area contributed by atoms with Gasteiger partial charge < -0.3 is 15.0 Å². The fraction of sp³-hybridized carbons (Fsp3) is 0.214. The van der Waals surface area contributed by atoms with Crippen molar-refractivity contribution in [2.45, 2.75) is 18.5 Å². The summed E-state index contributed by atoms with van der Waals surface area (Å²) >= 11 is 0. The Morgan fingerprint density at radius 2 is 1.97 bits per heavy atom. The lowest BCUT2D eigenvalue weighted by Crippen LogP contribution is -2.26. The summed E-state index contributed by atoms with van der Waals surface area (Å²) in [6.07, 6.45) is 1.99. The zero-order valence-corrected chi connectivity index (χ0v) is 20.5. The molecule has 1 unspecified atom stereocenters. The summed E-state index contributed by atoms with van der Waals surface area (Å²) in [5.41, 5.74) is 3.62. The normalized spacial score (nSPS) is 15.5. The molecule has 7 nitrogen and oxygen atoms in total. The summed E-state index contributed by atoms with van der Waals surface area (Å²) in [5.74, 6) is 0.207. The third kappa shape index (κ3) is 4.89. The van der Waals surface area contributed by atoms with E-state index in [2.05, 4.69) is 32.9 Å². The second-order valence-corrected chi connectivity index (χ2v) is 8.90. The van der Waals surface area contributed by atoms with Gasteiger partial charge in [-0.3, -0.25) is 4.79 Å². The maximum absolute atomic E-state index is 13.0. The second-order valence-electron chi connectivity index (χ2n) is 8.90. The number of hydrogen-bond donors (Lipinski definition) is 1. The van der Waals surface area contributed by atoms with Crippen LogP contribution in [0.15, 0.2) is 73.8 Å². The molecule has 1 aliphatic heterocycles. The van der Waals surface area contributed by atoms with Gasteiger partial charge in [-0.15, -0.1) is 0 Å². The molecule has 1 saturated heterocycles. The number of nitrogens with zero attached hydrogens (tertiary/aromatic N) is 4. The number of ether oxygens (including phenoxy) is 1. The molecule has 1 fully saturated rings. The van der Waals surface area contributed by atoms with Gasteiger partial charge in [-0.25, -0.2) is 15.0 Å². The number of pyridine rings is 1. The quantitative estimate of drug-likeness (QED) is 0.313. The third-order valence-corrected chi connectivity index (χ3v) is 6.64. The van der Waals surface area contributed by atoms with Crippen molar-refractivity contribution < 1.29 is 22.7 Å². The number of fused-ring (bicyclic) bond motifs is 1. The van der Waals surface area contributed by atoms with Gasteiger partial charge >= 0.3 is 6.18 Å². The summed E-state index contributed by atoms with van der Waals surface area (Å²) in [7, 11) is 1.82. The van der Waals surface area contributed by atoms with Crippen molar-refractivity contribution in [3.05, 3.63) is 85.0 Å². The Balaban J connectivity index is 1.50. The first-order valence-electron chi connectivity index (χ1n) is 12.0. The molecule has 2 aromatic heterocycles. The number of rotatable bonds is 6. The highest BCUT2D eigenvalue weighted by Crippen LogP contribution is 2.41. The SMILES string of the molecule is C=CC(=O)N1CCC(c2cc(-c3ccc(Oc4cc(C(F)(F)F)ccn4)cc3)c(NC)c3cncnc23)C1. The van der Waals surface area contributed by atoms with Crippen molar-refractivity contribution >= 4 is 22.5 Å². The van der Waals surface area contributed by atoms with Crippen LogP contribution in [0.1, 0.15) is 23.5 Å². The molecule has 1 aliphatic rings. The predicted octanol–water partition coefficient (Wildman–Crippen LogP) is 6.05. The number of nitrogens with one attached hydrogen (secondary N) is 1. The lowest BCUT2D eigenvalue weighted by molar-refractivity contribution is -0.137. The van der Waals surface area contributed by atoms with E-state index in [4.69, 9.17) is 4.74 Å². The smallest absolute Gasteiger partial charge is 0.416 e. The van der Waals surface area contributed by atoms with Crippen LogP contribution < -0.4 is 10.1 Å². The molecule has 4 aromatic rings. The van der Waals surface area contributed by atoms with E-state index in [1.807, 2.05) is 19.2 Å². The lowest BCUT2D eigenvalue weighted by Gasteiger charge is -2.20. The first-order valence-corrected chi connectivity index (χ1v) is 12.0. The van der Waals surface area contributed by atoms with Gasteiger partial charge in [0.05, 0.1) is 16.8 Å². The molecular weight excluding hydrogens is 495 g/mol. The number of amides is 1. The van der Waals surface area contributed by atoms with E-state index in [0.29, 0.717) is 18.8 Å². The maximum Gasteiger partial charge on any atom is 0.416 e. The number of hydrogen-bond acceptors (Lipinski definition) is 6. The second kappa shape index (κ2) is 10.1. The van der Waals surface area contributed by atoms with Gasteiger partial charge in [0, 0.05) is 55.5 Å². The molecule has 3 heterocycles. The van der Waals surface area contributed by atoms with Gasteiger partial charge in [0.1, 0.15) is 12.1 Å². The standard InChI is InChI=1S/C28H24F3N5O2/c1-3-25(37)36-11-9-18(15-36)22-13-21(26(32-2)23-14-33-16-35-27(22)23)17-4-6-20(7-5-17)38-24-12-19(8-10-34-24)28(29,30)31/h3-8,10,12-14,16,18,32H,1,9,11,15H2,2H3. The molecule has 0 saturated carbocycles. The van der Waals surface area contributed by atoms with Crippen LogP contribution in [0.2, 0.25) is 0 Å². The van der Waals surface area contributed by atoms with Crippen LogP contribution in [0.25, 0.3) is 22.0 Å². The van der Waals surface area contributed by atoms with Crippen molar-refractivity contribution in [2.75, 3.05) is 25.5 Å². The van der Waals surface area contributed by atoms with E-state index in [1.54, 1.807) is 23.2 Å². The number of aromatic nitrogens is 3. The Hall–Kier alpha value is -4.47. The minimum Gasteiger partial charge on any atom is -0.439 e. The molecule has 194 valence electrons. The van der Waals surface area contributed by atoms with Crippen molar-refractivity contribution in [3.8, 4) is 22.8 Å². The first-order chi connectivity index (χ1) is 18.3. The summed E-state index contributed by atoms with van der Waals surface area (Å²) in [5, 5.41) is 4.11. The van der Waals surface area contributed by atoms with Crippen molar-refractivity contribution in [2.24, 2.45) is 0 Å². The Morgan fingerprint density at radius 3 is 2.68 bits per heavy atom. The zero-order chi connectivity index (χ0) is 26.9. The van der Waals surface area contributed by atoms with Crippen LogP contribution in [0.5, 0.6) is 11.6 Å². The molecule has 38 heavy (non-hydrogen) atoms. The number of likely N-dealkylation sites (tertiary alicyclic amines) is 1. The molecule has 1 amide bonds. The Kier molecular flexibility index (Phi) is 6.71. The van der Waals surface area contributed by atoms with E-state index in [-0.39, 0.29) is 17.7 Å². The molecule has 0 bridgehead atoms. The van der Waals surface area contributed by atoms with Crippen LogP contribution in [0.3, 0.4) is 0 Å². The van der Waals surface area contributed by atoms with Gasteiger partial charge in [-0.1, -0.05) is 18.7 Å². The highest BCUT2D eigenvalue weighted by Gasteiger charge is 2.31. The number of halogens is 3. The number of benzene rings is 2. The maximum atomic E-state index is 13.0. The molecule has 0 spiro atoms. The fourth-order valence-electron chi connectivity index (χ4n) is 4.80. The number of anilines is 1. The fourth-order valence-corrected chi connectivity index (χ4v) is 4.80. The Bertz CT molecular complexity index is 1510. The Labute approximate surface area is 217 Å². The monoisotopic (exact) mass is 519 g/mol. The molecule has 2 aromatic carbocycles. The largest absolute Gasteiger partial charge is 0.439 e. The minimum absolute atomic E-state index is 0.0931. The topological polar surface area (TPSA) is 80.2 Å². The average Bonchev–Trinajstić information content (AvgIpc) is 3.42. The molecule has 0 radical (unpaired) electrons. The molecule has 5 rings (SSSR count). The van der Waals surface area contributed by atoms with Gasteiger partial charge in [0.15, 0.2) is 0 Å². The lowest BCUT2D eigenvalue weighted by atomic mass is 9.90. The molecular formula is C28H24F3N5O2. The van der Waals surface area contributed by atoms with E-state index in [1.165, 1.54) is 12.4 Å². The average molecular weight is 520 g/mol. The van der Waals surface area contributed by atoms with Crippen LogP contribution >= 0.6 is 0 Å². The zero-order valence-electron chi connectivity index (χ0n) is 20.5. The first kappa shape index (κ1) is 25.2. The van der Waals surface area contributed by atoms with Crippen molar-refractivity contribution in [3.63, 3.8) is 0 Å². The van der Waals surface area contributed by atoms with Gasteiger partial charge in [-0.05, 0) is 47.9 Å². The van der Waals surface area contributed by atoms with Crippen LogP contribution in [0.4, 0.5) is 18.9 Å². The number of carbonyl (C=O) groups excluding carboxylic acids is 1. The number of alkyl halides is 3. The summed E-state index contributed by atoms with van der Waals surface area (Å²) < 4.78 is 44.7. The van der Waals surface area contributed by atoms with Crippen molar-refractivity contribution in [1.29, 1.82) is 0 Å². The van der Waals surface area contributed by atoms with E-state index in [0.717, 1.165) is 58.0 Å². The van der Waals surface area contributed by atoms with Crippen molar-refractivity contribution in [1.82, 2.24) is 19.9 Å². The molecule has 0 aliphatic carbocycles. The summed E-state index contributed by atoms with van der Waals surface area (Å²) in [6, 6.07) is 10.9. The van der Waals surface area contributed by atoms with E-state index < -0.39 is 11.7 Å².